The number of aliphatic carboxylic acids is 1. The summed E-state index contributed by atoms with van der Waals surface area (Å²) < 4.78 is 40.4. The Hall–Kier alpha value is -3.36. The predicted octanol–water partition coefficient (Wildman–Crippen LogP) is 4.31. The number of benzene rings is 3. The van der Waals surface area contributed by atoms with Crippen LogP contribution in [-0.2, 0) is 21.2 Å². The molecule has 0 saturated heterocycles. The molecule has 2 N–H and O–H groups in total. The van der Waals surface area contributed by atoms with Crippen LogP contribution in [0.3, 0.4) is 0 Å². The number of carbonyl (C=O) groups excluding carboxylic acids is 1. The lowest BCUT2D eigenvalue weighted by Crippen LogP contribution is -2.44. The maximum absolute atomic E-state index is 13.0. The SMILES string of the molecule is CC(C)[C@H](NS(=O)(=O)c1ccc(-c2ccc(CC(=O)c3ccc(F)cc3)cc2)cc1)C(=O)O. The van der Waals surface area contributed by atoms with Gasteiger partial charge in [-0.3, -0.25) is 9.59 Å². The van der Waals surface area contributed by atoms with E-state index in [-0.39, 0.29) is 17.1 Å². The van der Waals surface area contributed by atoms with Crippen molar-refractivity contribution in [2.24, 2.45) is 5.92 Å². The van der Waals surface area contributed by atoms with Crippen molar-refractivity contribution in [1.29, 1.82) is 0 Å². The lowest BCUT2D eigenvalue weighted by Gasteiger charge is -2.18. The number of Topliss-reactive ketones (excluding diaryl/α,β-unsaturated/α-hetero) is 1. The van der Waals surface area contributed by atoms with E-state index in [0.717, 1.165) is 16.7 Å². The molecule has 0 aromatic heterocycles. The third-order valence-electron chi connectivity index (χ3n) is 5.20. The van der Waals surface area contributed by atoms with E-state index in [4.69, 9.17) is 0 Å². The van der Waals surface area contributed by atoms with Gasteiger partial charge >= 0.3 is 5.97 Å². The molecule has 172 valence electrons. The van der Waals surface area contributed by atoms with Crippen molar-refractivity contribution < 1.29 is 27.5 Å². The highest BCUT2D eigenvalue weighted by molar-refractivity contribution is 7.89. The molecule has 0 radical (unpaired) electrons. The standard InChI is InChI=1S/C25H24FNO5S/c1-16(2)24(25(29)30)27-33(31,32)22-13-9-19(10-14-22)18-5-3-17(4-6-18)15-23(28)20-7-11-21(26)12-8-20/h3-14,16,24,27H,15H2,1-2H3,(H,29,30)/t24-/m0/s1. The zero-order valence-electron chi connectivity index (χ0n) is 18.2. The lowest BCUT2D eigenvalue weighted by atomic mass is 9.99. The van der Waals surface area contributed by atoms with Crippen molar-refractivity contribution in [3.63, 3.8) is 0 Å². The summed E-state index contributed by atoms with van der Waals surface area (Å²) in [5.74, 6) is -2.16. The molecule has 0 saturated carbocycles. The average molecular weight is 470 g/mol. The second-order valence-electron chi connectivity index (χ2n) is 8.01. The van der Waals surface area contributed by atoms with Gasteiger partial charge in [-0.25, -0.2) is 12.8 Å². The summed E-state index contributed by atoms with van der Waals surface area (Å²) in [5.41, 5.74) is 2.83. The van der Waals surface area contributed by atoms with Gasteiger partial charge < -0.3 is 5.11 Å². The van der Waals surface area contributed by atoms with E-state index >= 15 is 0 Å². The van der Waals surface area contributed by atoms with Gasteiger partial charge in [-0.05, 0) is 59.0 Å². The van der Waals surface area contributed by atoms with Crippen LogP contribution in [0.25, 0.3) is 11.1 Å². The first kappa shape index (κ1) is 24.3. The van der Waals surface area contributed by atoms with Crippen LogP contribution in [-0.4, -0.2) is 31.3 Å². The fraction of sp³-hybridized carbons (Fsp3) is 0.200. The van der Waals surface area contributed by atoms with Gasteiger partial charge in [-0.2, -0.15) is 4.72 Å². The van der Waals surface area contributed by atoms with Crippen LogP contribution in [0.4, 0.5) is 4.39 Å². The van der Waals surface area contributed by atoms with Gasteiger partial charge in [0.1, 0.15) is 11.9 Å². The molecule has 3 rings (SSSR count). The minimum absolute atomic E-state index is 0.0281. The number of rotatable bonds is 9. The number of carbonyl (C=O) groups is 2. The highest BCUT2D eigenvalue weighted by Gasteiger charge is 2.27. The van der Waals surface area contributed by atoms with Gasteiger partial charge in [0.25, 0.3) is 0 Å². The largest absolute Gasteiger partial charge is 0.480 e. The number of hydrogen-bond donors (Lipinski definition) is 2. The Balaban J connectivity index is 1.71. The first-order valence-corrected chi connectivity index (χ1v) is 11.8. The van der Waals surface area contributed by atoms with Crippen LogP contribution < -0.4 is 4.72 Å². The van der Waals surface area contributed by atoms with Crippen molar-refractivity contribution in [3.05, 3.63) is 89.7 Å². The maximum atomic E-state index is 13.0. The third kappa shape index (κ3) is 6.12. The summed E-state index contributed by atoms with van der Waals surface area (Å²) in [6.45, 7) is 3.25. The van der Waals surface area contributed by atoms with Crippen molar-refractivity contribution in [1.82, 2.24) is 4.72 Å². The summed E-state index contributed by atoms with van der Waals surface area (Å²) in [7, 11) is -3.99. The highest BCUT2D eigenvalue weighted by atomic mass is 32.2. The number of carboxylic acid groups (broad SMARTS) is 1. The molecule has 0 aliphatic carbocycles. The molecule has 0 aliphatic rings. The van der Waals surface area contributed by atoms with E-state index in [9.17, 15) is 27.5 Å². The molecule has 0 unspecified atom stereocenters. The molecule has 0 spiro atoms. The monoisotopic (exact) mass is 469 g/mol. The second kappa shape index (κ2) is 10.1. The van der Waals surface area contributed by atoms with E-state index in [1.165, 1.54) is 36.4 Å². The van der Waals surface area contributed by atoms with E-state index in [2.05, 4.69) is 4.72 Å². The number of carboxylic acids is 1. The Morgan fingerprint density at radius 2 is 1.39 bits per heavy atom. The van der Waals surface area contributed by atoms with Crippen LogP contribution in [0.2, 0.25) is 0 Å². The van der Waals surface area contributed by atoms with Crippen molar-refractivity contribution in [2.45, 2.75) is 31.2 Å². The maximum Gasteiger partial charge on any atom is 0.322 e. The molecule has 1 atom stereocenters. The second-order valence-corrected chi connectivity index (χ2v) is 9.72. The molecule has 6 nitrogen and oxygen atoms in total. The Morgan fingerprint density at radius 3 is 1.88 bits per heavy atom. The fourth-order valence-corrected chi connectivity index (χ4v) is 4.61. The van der Waals surface area contributed by atoms with Crippen LogP contribution in [0.1, 0.15) is 29.8 Å². The predicted molar refractivity (Wildman–Crippen MR) is 123 cm³/mol. The summed E-state index contributed by atoms with van der Waals surface area (Å²) in [6, 6.07) is 17.6. The van der Waals surface area contributed by atoms with Crippen molar-refractivity contribution in [3.8, 4) is 11.1 Å². The molecule has 0 bridgehead atoms. The molecule has 33 heavy (non-hydrogen) atoms. The molecule has 0 heterocycles. The van der Waals surface area contributed by atoms with Gasteiger partial charge in [0.05, 0.1) is 4.90 Å². The van der Waals surface area contributed by atoms with Crippen LogP contribution >= 0.6 is 0 Å². The van der Waals surface area contributed by atoms with E-state index in [1.807, 2.05) is 24.3 Å². The zero-order valence-corrected chi connectivity index (χ0v) is 19.0. The zero-order chi connectivity index (χ0) is 24.2. The van der Waals surface area contributed by atoms with Crippen LogP contribution in [0, 0.1) is 11.7 Å². The number of sulfonamides is 1. The topological polar surface area (TPSA) is 101 Å². The van der Waals surface area contributed by atoms with Gasteiger partial charge in [-0.15, -0.1) is 0 Å². The highest BCUT2D eigenvalue weighted by Crippen LogP contribution is 2.23. The van der Waals surface area contributed by atoms with E-state index in [1.54, 1.807) is 26.0 Å². The number of nitrogens with one attached hydrogen (secondary N) is 1. The van der Waals surface area contributed by atoms with Crippen molar-refractivity contribution in [2.75, 3.05) is 0 Å². The summed E-state index contributed by atoms with van der Waals surface area (Å²) >= 11 is 0. The van der Waals surface area contributed by atoms with Crippen LogP contribution in [0.5, 0.6) is 0 Å². The summed E-state index contributed by atoms with van der Waals surface area (Å²) in [5, 5.41) is 9.24. The normalized spacial score (nSPS) is 12.5. The van der Waals surface area contributed by atoms with Crippen molar-refractivity contribution >= 4 is 21.8 Å². The number of halogens is 1. The Labute approximate surface area is 192 Å². The van der Waals surface area contributed by atoms with Gasteiger partial charge in [0, 0.05) is 12.0 Å². The van der Waals surface area contributed by atoms with E-state index in [0.29, 0.717) is 5.56 Å². The number of ketones is 1. The molecule has 3 aromatic rings. The Morgan fingerprint density at radius 1 is 0.879 bits per heavy atom. The van der Waals surface area contributed by atoms with Gasteiger partial charge in [-0.1, -0.05) is 50.2 Å². The third-order valence-corrected chi connectivity index (χ3v) is 6.65. The molecular formula is C25H24FNO5S. The average Bonchev–Trinajstić information content (AvgIpc) is 2.78. The summed E-state index contributed by atoms with van der Waals surface area (Å²) in [6.07, 6.45) is 0.176. The molecule has 0 aliphatic heterocycles. The molecule has 8 heteroatoms. The number of hydrogen-bond acceptors (Lipinski definition) is 4. The Bertz CT molecular complexity index is 1240. The first-order chi connectivity index (χ1) is 15.6. The van der Waals surface area contributed by atoms with Gasteiger partial charge in [0.15, 0.2) is 5.78 Å². The molecule has 3 aromatic carbocycles. The van der Waals surface area contributed by atoms with Gasteiger partial charge in [0.2, 0.25) is 10.0 Å². The molecule has 0 amide bonds. The summed E-state index contributed by atoms with van der Waals surface area (Å²) in [4.78, 5) is 23.6. The van der Waals surface area contributed by atoms with Crippen LogP contribution in [0.15, 0.2) is 77.7 Å². The quantitative estimate of drug-likeness (QED) is 0.455. The minimum atomic E-state index is -3.99. The molecule has 0 fully saturated rings. The minimum Gasteiger partial charge on any atom is -0.480 e. The lowest BCUT2D eigenvalue weighted by molar-refractivity contribution is -0.140. The fourth-order valence-electron chi connectivity index (χ4n) is 3.27. The smallest absolute Gasteiger partial charge is 0.322 e. The first-order valence-electron chi connectivity index (χ1n) is 10.3. The molecular weight excluding hydrogens is 445 g/mol. The van der Waals surface area contributed by atoms with E-state index < -0.39 is 33.8 Å². The Kier molecular flexibility index (Phi) is 7.40.